The van der Waals surface area contributed by atoms with Crippen LogP contribution >= 0.6 is 12.4 Å². The molecule has 102 valence electrons. The highest BCUT2D eigenvalue weighted by Crippen LogP contribution is 2.41. The number of methoxy groups -OCH3 is 2. The van der Waals surface area contributed by atoms with E-state index in [2.05, 4.69) is 0 Å². The lowest BCUT2D eigenvalue weighted by Gasteiger charge is -2.23. The quantitative estimate of drug-likeness (QED) is 0.914. The molecule has 2 rings (SSSR count). The Labute approximate surface area is 115 Å². The van der Waals surface area contributed by atoms with E-state index in [0.29, 0.717) is 5.92 Å². The van der Waals surface area contributed by atoms with Crippen molar-refractivity contribution in [2.45, 2.75) is 31.7 Å². The summed E-state index contributed by atoms with van der Waals surface area (Å²) in [5.41, 5.74) is 7.41. The van der Waals surface area contributed by atoms with Gasteiger partial charge in [-0.3, -0.25) is 0 Å². The third-order valence-corrected chi connectivity index (χ3v) is 3.71. The van der Waals surface area contributed by atoms with E-state index in [4.69, 9.17) is 15.2 Å². The van der Waals surface area contributed by atoms with Crippen molar-refractivity contribution in [1.82, 2.24) is 0 Å². The molecule has 1 fully saturated rings. The molecule has 1 aromatic rings. The van der Waals surface area contributed by atoms with Gasteiger partial charge in [0.05, 0.1) is 19.8 Å². The SMILES string of the molecule is COc1cccc(OC)c1[C@@H](N)C1CCCC1.Cl. The van der Waals surface area contributed by atoms with Crippen LogP contribution in [-0.4, -0.2) is 14.2 Å². The maximum Gasteiger partial charge on any atom is 0.127 e. The fourth-order valence-corrected chi connectivity index (χ4v) is 2.76. The third-order valence-electron chi connectivity index (χ3n) is 3.71. The van der Waals surface area contributed by atoms with Gasteiger partial charge in [-0.2, -0.15) is 0 Å². The lowest BCUT2D eigenvalue weighted by atomic mass is 9.91. The van der Waals surface area contributed by atoms with Crippen molar-refractivity contribution >= 4 is 12.4 Å². The van der Waals surface area contributed by atoms with Crippen LogP contribution in [0.2, 0.25) is 0 Å². The maximum atomic E-state index is 6.39. The number of rotatable bonds is 4. The number of hydrogen-bond acceptors (Lipinski definition) is 3. The standard InChI is InChI=1S/C14H21NO2.ClH/c1-16-11-8-5-9-12(17-2)13(11)14(15)10-6-3-4-7-10;/h5,8-10,14H,3-4,6-7,15H2,1-2H3;1H/t14-;/m0./s1. The van der Waals surface area contributed by atoms with E-state index in [0.717, 1.165) is 17.1 Å². The summed E-state index contributed by atoms with van der Waals surface area (Å²) >= 11 is 0. The Kier molecular flexibility index (Phi) is 5.76. The predicted molar refractivity (Wildman–Crippen MR) is 75.7 cm³/mol. The first kappa shape index (κ1) is 15.1. The summed E-state index contributed by atoms with van der Waals surface area (Å²) in [6.45, 7) is 0. The number of ether oxygens (including phenoxy) is 2. The summed E-state index contributed by atoms with van der Waals surface area (Å²) < 4.78 is 10.8. The fourth-order valence-electron chi connectivity index (χ4n) is 2.76. The molecule has 1 aromatic carbocycles. The molecule has 0 bridgehead atoms. The monoisotopic (exact) mass is 271 g/mol. The summed E-state index contributed by atoms with van der Waals surface area (Å²) in [6.07, 6.45) is 5.00. The first-order valence-electron chi connectivity index (χ1n) is 6.24. The van der Waals surface area contributed by atoms with Crippen molar-refractivity contribution in [3.63, 3.8) is 0 Å². The minimum Gasteiger partial charge on any atom is -0.496 e. The molecule has 18 heavy (non-hydrogen) atoms. The van der Waals surface area contributed by atoms with E-state index < -0.39 is 0 Å². The molecule has 1 atom stereocenters. The van der Waals surface area contributed by atoms with Crippen LogP contribution in [0.15, 0.2) is 18.2 Å². The number of halogens is 1. The molecular weight excluding hydrogens is 250 g/mol. The Bertz CT molecular complexity index is 356. The molecule has 0 aliphatic heterocycles. The van der Waals surface area contributed by atoms with Crippen molar-refractivity contribution in [2.24, 2.45) is 11.7 Å². The van der Waals surface area contributed by atoms with Crippen LogP contribution in [0.3, 0.4) is 0 Å². The summed E-state index contributed by atoms with van der Waals surface area (Å²) in [4.78, 5) is 0. The molecule has 1 aliphatic rings. The van der Waals surface area contributed by atoms with E-state index in [-0.39, 0.29) is 18.4 Å². The lowest BCUT2D eigenvalue weighted by molar-refractivity contribution is 0.357. The largest absolute Gasteiger partial charge is 0.496 e. The highest BCUT2D eigenvalue weighted by molar-refractivity contribution is 5.85. The summed E-state index contributed by atoms with van der Waals surface area (Å²) in [5.74, 6) is 2.23. The second-order valence-corrected chi connectivity index (χ2v) is 4.65. The van der Waals surface area contributed by atoms with Gasteiger partial charge < -0.3 is 15.2 Å². The molecular formula is C14H22ClNO2. The van der Waals surface area contributed by atoms with Gasteiger partial charge in [0.1, 0.15) is 11.5 Å². The Hall–Kier alpha value is -0.930. The van der Waals surface area contributed by atoms with E-state index in [1.165, 1.54) is 25.7 Å². The molecule has 0 radical (unpaired) electrons. The molecule has 2 N–H and O–H groups in total. The molecule has 0 unspecified atom stereocenters. The number of benzene rings is 1. The Morgan fingerprint density at radius 1 is 1.11 bits per heavy atom. The maximum absolute atomic E-state index is 6.39. The molecule has 0 heterocycles. The predicted octanol–water partition coefficient (Wildman–Crippen LogP) is 3.32. The topological polar surface area (TPSA) is 44.5 Å². The van der Waals surface area contributed by atoms with Gasteiger partial charge >= 0.3 is 0 Å². The van der Waals surface area contributed by atoms with E-state index in [1.807, 2.05) is 18.2 Å². The third kappa shape index (κ3) is 2.90. The van der Waals surface area contributed by atoms with Gasteiger partial charge in [-0.05, 0) is 30.9 Å². The van der Waals surface area contributed by atoms with Gasteiger partial charge in [0.2, 0.25) is 0 Å². The van der Waals surface area contributed by atoms with Crippen LogP contribution in [0.4, 0.5) is 0 Å². The Balaban J connectivity index is 0.00000162. The molecule has 1 saturated carbocycles. The normalized spacial score (nSPS) is 17.1. The number of hydrogen-bond donors (Lipinski definition) is 1. The molecule has 0 spiro atoms. The van der Waals surface area contributed by atoms with Crippen LogP contribution < -0.4 is 15.2 Å². The Morgan fingerprint density at radius 2 is 1.61 bits per heavy atom. The molecule has 4 heteroatoms. The highest BCUT2D eigenvalue weighted by Gasteiger charge is 2.27. The summed E-state index contributed by atoms with van der Waals surface area (Å²) in [7, 11) is 3.36. The van der Waals surface area contributed by atoms with Crippen molar-refractivity contribution in [3.05, 3.63) is 23.8 Å². The smallest absolute Gasteiger partial charge is 0.127 e. The molecule has 1 aliphatic carbocycles. The zero-order valence-electron chi connectivity index (χ0n) is 11.0. The van der Waals surface area contributed by atoms with Crippen LogP contribution in [0.25, 0.3) is 0 Å². The lowest BCUT2D eigenvalue weighted by Crippen LogP contribution is -2.20. The zero-order valence-corrected chi connectivity index (χ0v) is 11.8. The van der Waals surface area contributed by atoms with E-state index >= 15 is 0 Å². The van der Waals surface area contributed by atoms with Gasteiger partial charge in [0.15, 0.2) is 0 Å². The minimum atomic E-state index is 0. The van der Waals surface area contributed by atoms with Gasteiger partial charge in [-0.15, -0.1) is 12.4 Å². The number of nitrogens with two attached hydrogens (primary N) is 1. The first-order valence-corrected chi connectivity index (χ1v) is 6.24. The van der Waals surface area contributed by atoms with Crippen molar-refractivity contribution in [2.75, 3.05) is 14.2 Å². The van der Waals surface area contributed by atoms with Gasteiger partial charge in [0, 0.05) is 6.04 Å². The average molecular weight is 272 g/mol. The average Bonchev–Trinajstić information content (AvgIpc) is 2.90. The zero-order chi connectivity index (χ0) is 12.3. The summed E-state index contributed by atoms with van der Waals surface area (Å²) in [5, 5.41) is 0. The first-order chi connectivity index (χ1) is 8.27. The highest BCUT2D eigenvalue weighted by atomic mass is 35.5. The Morgan fingerprint density at radius 3 is 2.06 bits per heavy atom. The van der Waals surface area contributed by atoms with Crippen LogP contribution in [-0.2, 0) is 0 Å². The molecule has 3 nitrogen and oxygen atoms in total. The van der Waals surface area contributed by atoms with Crippen molar-refractivity contribution < 1.29 is 9.47 Å². The molecule has 0 saturated heterocycles. The van der Waals surface area contributed by atoms with Gasteiger partial charge in [0.25, 0.3) is 0 Å². The van der Waals surface area contributed by atoms with E-state index in [9.17, 15) is 0 Å². The fraction of sp³-hybridized carbons (Fsp3) is 0.571. The van der Waals surface area contributed by atoms with Crippen molar-refractivity contribution in [1.29, 1.82) is 0 Å². The van der Waals surface area contributed by atoms with Crippen LogP contribution in [0.1, 0.15) is 37.3 Å². The molecule has 0 aromatic heterocycles. The minimum absolute atomic E-state index is 0. The van der Waals surface area contributed by atoms with Gasteiger partial charge in [-0.25, -0.2) is 0 Å². The van der Waals surface area contributed by atoms with Crippen LogP contribution in [0.5, 0.6) is 11.5 Å². The molecule has 0 amide bonds. The summed E-state index contributed by atoms with van der Waals surface area (Å²) in [6, 6.07) is 5.85. The van der Waals surface area contributed by atoms with Crippen LogP contribution in [0, 0.1) is 5.92 Å². The van der Waals surface area contributed by atoms with Gasteiger partial charge in [-0.1, -0.05) is 18.9 Å². The van der Waals surface area contributed by atoms with Crippen molar-refractivity contribution in [3.8, 4) is 11.5 Å². The second kappa shape index (κ2) is 6.86. The second-order valence-electron chi connectivity index (χ2n) is 4.65. The van der Waals surface area contributed by atoms with E-state index in [1.54, 1.807) is 14.2 Å².